The third kappa shape index (κ3) is 18.9. The number of amides is 7. The van der Waals surface area contributed by atoms with Gasteiger partial charge in [0.1, 0.15) is 11.3 Å². The van der Waals surface area contributed by atoms with Crippen molar-refractivity contribution in [3.63, 3.8) is 0 Å². The Hall–Kier alpha value is -7.82. The average Bonchev–Trinajstić information content (AvgIpc) is 4.37. The van der Waals surface area contributed by atoms with Crippen LogP contribution >= 0.6 is 0 Å². The number of rotatable bonds is 34. The molecule has 2 heterocycles. The standard InChI is InChI=1S/C67H92N8O14/c1-14-42(6)62(56(88-12)39-60(81)73-35-21-24-52(73)64(89-13)44(8)54(76)36-43(7)63(82)47-22-17-15-18-23-47)72(11)67(85)51(40(2)3)38-55(77)61(41(4)5)71(10)66(84)48-28-26-46(27-29-48)45(9)69-70-65(83)50-31-30-49(37-53(50)75(86)87)68-57(78)25-19-16-20-34-74-58(79)32-33-59(74)80/h15,17-18,22-23,26-33,37,40-44,51-52,56,61-64,82H,14,16,19-21,24-25,34-36,38-39H2,1-13H3,(H,68,78)(H,70,83)/b69-45+/t42-,43-,44-,51-,52-,56+,61-,62-,63+,64+/m0/s1. The van der Waals surface area contributed by atoms with E-state index in [1.54, 1.807) is 62.2 Å². The molecule has 10 atom stereocenters. The fourth-order valence-electron chi connectivity index (χ4n) is 12.2. The Labute approximate surface area is 523 Å². The highest BCUT2D eigenvalue weighted by Gasteiger charge is 2.44. The van der Waals surface area contributed by atoms with Crippen molar-refractivity contribution in [1.29, 1.82) is 0 Å². The molecule has 5 rings (SSSR count). The molecule has 0 unspecified atom stereocenters. The average molecular weight is 1230 g/mol. The highest BCUT2D eigenvalue weighted by atomic mass is 16.6. The molecule has 1 saturated heterocycles. The van der Waals surface area contributed by atoms with E-state index in [1.165, 1.54) is 36.3 Å². The molecule has 0 radical (unpaired) electrons. The predicted molar refractivity (Wildman–Crippen MR) is 337 cm³/mol. The Kier molecular flexibility index (Phi) is 27.2. The molecule has 89 heavy (non-hydrogen) atoms. The minimum Gasteiger partial charge on any atom is -0.388 e. The van der Waals surface area contributed by atoms with Crippen molar-refractivity contribution in [3.05, 3.63) is 117 Å². The number of unbranched alkanes of at least 4 members (excludes halogenated alkanes) is 2. The molecule has 7 amide bonds. The van der Waals surface area contributed by atoms with Gasteiger partial charge in [-0.1, -0.05) is 111 Å². The second-order valence-electron chi connectivity index (χ2n) is 24.4. The Bertz CT molecular complexity index is 3040. The molecule has 0 aromatic heterocycles. The lowest BCUT2D eigenvalue weighted by molar-refractivity contribution is -0.385. The molecule has 0 spiro atoms. The van der Waals surface area contributed by atoms with Crippen LogP contribution < -0.4 is 10.7 Å². The first kappa shape index (κ1) is 71.9. The van der Waals surface area contributed by atoms with Crippen molar-refractivity contribution in [2.75, 3.05) is 46.7 Å². The van der Waals surface area contributed by atoms with Crippen LogP contribution in [0.1, 0.15) is 164 Å². The smallest absolute Gasteiger partial charge is 0.284 e. The lowest BCUT2D eigenvalue weighted by Gasteiger charge is -2.41. The number of imide groups is 1. The predicted octanol–water partition coefficient (Wildman–Crippen LogP) is 8.75. The molecule has 3 N–H and O–H groups in total. The molecule has 0 bridgehead atoms. The zero-order valence-electron chi connectivity index (χ0n) is 53.9. The first-order valence-electron chi connectivity index (χ1n) is 30.9. The van der Waals surface area contributed by atoms with Crippen LogP contribution in [-0.2, 0) is 43.0 Å². The van der Waals surface area contributed by atoms with E-state index in [4.69, 9.17) is 9.47 Å². The maximum atomic E-state index is 14.9. The van der Waals surface area contributed by atoms with Gasteiger partial charge in [0, 0.05) is 102 Å². The van der Waals surface area contributed by atoms with E-state index >= 15 is 0 Å². The number of benzene rings is 3. The molecule has 3 aromatic carbocycles. The molecule has 0 saturated carbocycles. The van der Waals surface area contributed by atoms with E-state index in [2.05, 4.69) is 15.8 Å². The minimum absolute atomic E-state index is 0.0519. The van der Waals surface area contributed by atoms with E-state index in [-0.39, 0.29) is 114 Å². The number of ketones is 2. The van der Waals surface area contributed by atoms with Crippen LogP contribution in [0.2, 0.25) is 0 Å². The van der Waals surface area contributed by atoms with Gasteiger partial charge in [0.2, 0.25) is 17.7 Å². The number of anilines is 1. The van der Waals surface area contributed by atoms with Gasteiger partial charge in [0.05, 0.1) is 53.5 Å². The number of likely N-dealkylation sites (tertiary alicyclic amines) is 1. The minimum atomic E-state index is -0.918. The van der Waals surface area contributed by atoms with Gasteiger partial charge < -0.3 is 34.6 Å². The molecular formula is C67H92N8O14. The Morgan fingerprint density at radius 2 is 1.43 bits per heavy atom. The number of likely N-dealkylation sites (N-methyl/N-ethyl adjacent to an activating group) is 2. The van der Waals surface area contributed by atoms with Crippen molar-refractivity contribution < 1.29 is 62.7 Å². The number of carbonyl (C=O) groups excluding carboxylic acids is 9. The Morgan fingerprint density at radius 1 is 0.787 bits per heavy atom. The van der Waals surface area contributed by atoms with E-state index in [1.807, 2.05) is 85.7 Å². The molecule has 22 heteroatoms. The number of nitrogens with zero attached hydrogens (tertiary/aromatic N) is 6. The number of aliphatic hydroxyl groups excluding tert-OH is 1. The topological polar surface area (TPSA) is 285 Å². The summed E-state index contributed by atoms with van der Waals surface area (Å²) in [6.07, 6.45) is 3.74. The highest BCUT2D eigenvalue weighted by Crippen LogP contribution is 2.34. The van der Waals surface area contributed by atoms with Gasteiger partial charge in [0.15, 0.2) is 5.78 Å². The first-order chi connectivity index (χ1) is 42.2. The normalized spacial score (nSPS) is 17.3. The first-order valence-corrected chi connectivity index (χ1v) is 30.9. The van der Waals surface area contributed by atoms with E-state index in [0.29, 0.717) is 56.3 Å². The summed E-state index contributed by atoms with van der Waals surface area (Å²) in [6.45, 7) is 17.4. The molecule has 3 aromatic rings. The SMILES string of the molecule is CC[C@H](C)[C@@H]([C@@H](CC(=O)N1CCC[C@H]1[C@H](OC)[C@@H](C)C(=O)C[C@H](C)[C@@H](O)c1ccccc1)OC)N(C)C(=O)[C@@H](CC(=O)[C@H](C(C)C)N(C)C(=O)c1ccc(/C(C)=N/NC(=O)c2ccc(NC(=O)CCCCCN3C(=O)C=CC3=O)cc2[N+](=O)[O-])cc1)C(C)C. The van der Waals surface area contributed by atoms with Gasteiger partial charge in [-0.3, -0.25) is 58.2 Å². The summed E-state index contributed by atoms with van der Waals surface area (Å²) in [5.41, 5.74) is 3.35. The summed E-state index contributed by atoms with van der Waals surface area (Å²) in [6, 6.07) is 17.3. The summed E-state index contributed by atoms with van der Waals surface area (Å²) >= 11 is 0. The maximum absolute atomic E-state index is 14.9. The molecule has 0 aliphatic carbocycles. The number of carbonyl (C=O) groups is 9. The number of nitrogens with one attached hydrogen (secondary N) is 2. The second-order valence-corrected chi connectivity index (χ2v) is 24.4. The fourth-order valence-corrected chi connectivity index (χ4v) is 12.2. The zero-order valence-corrected chi connectivity index (χ0v) is 53.9. The van der Waals surface area contributed by atoms with Crippen LogP contribution in [0, 0.1) is 45.6 Å². The summed E-state index contributed by atoms with van der Waals surface area (Å²) in [4.78, 5) is 139. The van der Waals surface area contributed by atoms with Gasteiger partial charge in [-0.25, -0.2) is 5.43 Å². The zero-order chi connectivity index (χ0) is 66.0. The number of aliphatic hydroxyl groups is 1. The number of hydrogen-bond acceptors (Lipinski definition) is 15. The van der Waals surface area contributed by atoms with E-state index in [0.717, 1.165) is 16.5 Å². The maximum Gasteiger partial charge on any atom is 0.284 e. The number of Topliss-reactive ketones (excluding diaryl/α,β-unsaturated/α-hetero) is 2. The molecular weight excluding hydrogens is 1140 g/mol. The molecule has 1 fully saturated rings. The number of ether oxygens (including phenoxy) is 2. The van der Waals surface area contributed by atoms with Crippen molar-refractivity contribution in [2.45, 2.75) is 163 Å². The van der Waals surface area contributed by atoms with Crippen molar-refractivity contribution in [2.24, 2.45) is 40.6 Å². The number of methoxy groups -OCH3 is 2. The van der Waals surface area contributed by atoms with Gasteiger partial charge in [-0.05, 0) is 91.7 Å². The molecule has 2 aliphatic rings. The fraction of sp³-hybridized carbons (Fsp3) is 0.552. The van der Waals surface area contributed by atoms with Crippen LogP contribution in [0.25, 0.3) is 0 Å². The lowest BCUT2D eigenvalue weighted by Crippen LogP contribution is -2.54. The number of nitro benzene ring substituents is 1. The van der Waals surface area contributed by atoms with Gasteiger partial charge >= 0.3 is 0 Å². The van der Waals surface area contributed by atoms with Crippen LogP contribution in [0.4, 0.5) is 11.4 Å². The van der Waals surface area contributed by atoms with Gasteiger partial charge in [-0.15, -0.1) is 0 Å². The van der Waals surface area contributed by atoms with Crippen molar-refractivity contribution >= 4 is 70.0 Å². The molecule has 2 aliphatic heterocycles. The second kappa shape index (κ2) is 33.7. The monoisotopic (exact) mass is 1230 g/mol. The number of nitro groups is 1. The molecule has 484 valence electrons. The quantitative estimate of drug-likeness (QED) is 0.0166. The van der Waals surface area contributed by atoms with E-state index < -0.39 is 70.6 Å². The summed E-state index contributed by atoms with van der Waals surface area (Å²) < 4.78 is 12.1. The third-order valence-electron chi connectivity index (χ3n) is 17.6. The van der Waals surface area contributed by atoms with Crippen molar-refractivity contribution in [3.8, 4) is 0 Å². The summed E-state index contributed by atoms with van der Waals surface area (Å²) in [5, 5.41) is 29.8. The third-order valence-corrected chi connectivity index (χ3v) is 17.6. The van der Waals surface area contributed by atoms with Gasteiger partial charge in [0.25, 0.3) is 29.3 Å². The van der Waals surface area contributed by atoms with Crippen LogP contribution in [-0.4, -0.2) is 160 Å². The van der Waals surface area contributed by atoms with E-state index in [9.17, 15) is 58.4 Å². The largest absolute Gasteiger partial charge is 0.388 e. The van der Waals surface area contributed by atoms with Crippen LogP contribution in [0.5, 0.6) is 0 Å². The highest BCUT2D eigenvalue weighted by molar-refractivity contribution is 6.13. The Balaban J connectivity index is 1.20. The lowest BCUT2D eigenvalue weighted by atomic mass is 9.83. The van der Waals surface area contributed by atoms with Gasteiger partial charge in [-0.2, -0.15) is 5.10 Å². The number of hydrogen-bond donors (Lipinski definition) is 3. The summed E-state index contributed by atoms with van der Waals surface area (Å²) in [7, 11) is 6.30. The van der Waals surface area contributed by atoms with Crippen LogP contribution in [0.15, 0.2) is 90.0 Å². The Morgan fingerprint density at radius 3 is 2.01 bits per heavy atom. The number of hydrazone groups is 1. The van der Waals surface area contributed by atoms with Crippen LogP contribution in [0.3, 0.4) is 0 Å². The summed E-state index contributed by atoms with van der Waals surface area (Å²) in [5.74, 6) is -5.87. The van der Waals surface area contributed by atoms with Crippen molar-refractivity contribution in [1.82, 2.24) is 25.0 Å². The molecule has 22 nitrogen and oxygen atoms in total.